The molecule has 2 heterocycles. The lowest BCUT2D eigenvalue weighted by atomic mass is 10.1. The minimum absolute atomic E-state index is 0.336. The van der Waals surface area contributed by atoms with Gasteiger partial charge in [0.05, 0.1) is 6.20 Å². The predicted octanol–water partition coefficient (Wildman–Crippen LogP) is 3.04. The number of hydrogen-bond donors (Lipinski definition) is 0. The van der Waals surface area contributed by atoms with Crippen molar-refractivity contribution in [3.05, 3.63) is 30.2 Å². The van der Waals surface area contributed by atoms with Gasteiger partial charge in [-0.3, -0.25) is 4.98 Å². The summed E-state index contributed by atoms with van der Waals surface area (Å²) < 4.78 is 1.87. The average Bonchev–Trinajstić information content (AvgIpc) is 2.78. The van der Waals surface area contributed by atoms with E-state index in [1.807, 2.05) is 23.1 Å². The van der Waals surface area contributed by atoms with Crippen molar-refractivity contribution in [2.24, 2.45) is 0 Å². The highest BCUT2D eigenvalue weighted by molar-refractivity contribution is 5.57. The first-order valence-corrected chi connectivity index (χ1v) is 5.96. The molecule has 0 spiro atoms. The molecule has 0 saturated heterocycles. The van der Waals surface area contributed by atoms with Crippen LogP contribution in [0.15, 0.2) is 24.5 Å². The van der Waals surface area contributed by atoms with Gasteiger partial charge in [0.1, 0.15) is 5.69 Å². The fraction of sp³-hybridized carbons (Fsp3) is 0.462. The van der Waals surface area contributed by atoms with Crippen molar-refractivity contribution in [1.29, 1.82) is 0 Å². The summed E-state index contributed by atoms with van der Waals surface area (Å²) in [4.78, 5) is 4.35. The summed E-state index contributed by atoms with van der Waals surface area (Å²) in [6.45, 7) is 8.45. The largest absolute Gasteiger partial charge is 0.261 e. The topological polar surface area (TPSA) is 43.6 Å². The number of aromatic nitrogens is 4. The molecule has 0 atom stereocenters. The summed E-state index contributed by atoms with van der Waals surface area (Å²) in [7, 11) is 0. The third-order valence-electron chi connectivity index (χ3n) is 2.71. The van der Waals surface area contributed by atoms with Gasteiger partial charge in [-0.1, -0.05) is 19.1 Å². The molecule has 2 rings (SSSR count). The van der Waals surface area contributed by atoms with Crippen molar-refractivity contribution in [3.8, 4) is 11.3 Å². The van der Waals surface area contributed by atoms with Crippen molar-refractivity contribution >= 4 is 0 Å². The molecule has 0 aliphatic carbocycles. The second kappa shape index (κ2) is 4.65. The maximum atomic E-state index is 4.35. The summed E-state index contributed by atoms with van der Waals surface area (Å²) in [5.41, 5.74) is 3.07. The van der Waals surface area contributed by atoms with Crippen molar-refractivity contribution in [1.82, 2.24) is 20.0 Å². The van der Waals surface area contributed by atoms with Gasteiger partial charge in [0.25, 0.3) is 0 Å². The zero-order valence-electron chi connectivity index (χ0n) is 10.8. The predicted molar refractivity (Wildman–Crippen MR) is 67.7 cm³/mol. The smallest absolute Gasteiger partial charge is 0.113 e. The van der Waals surface area contributed by atoms with Gasteiger partial charge in [0.2, 0.25) is 0 Å². The second-order valence-corrected chi connectivity index (χ2v) is 4.80. The van der Waals surface area contributed by atoms with Crippen molar-refractivity contribution in [2.75, 3.05) is 0 Å². The molecule has 4 nitrogen and oxygen atoms in total. The fourth-order valence-electron chi connectivity index (χ4n) is 1.58. The van der Waals surface area contributed by atoms with E-state index in [9.17, 15) is 0 Å². The van der Waals surface area contributed by atoms with Gasteiger partial charge < -0.3 is 0 Å². The van der Waals surface area contributed by atoms with E-state index in [0.717, 1.165) is 17.0 Å². The van der Waals surface area contributed by atoms with E-state index < -0.39 is 0 Å². The Hall–Kier alpha value is -1.71. The van der Waals surface area contributed by atoms with E-state index in [0.29, 0.717) is 12.0 Å². The molecule has 0 radical (unpaired) electrons. The summed E-state index contributed by atoms with van der Waals surface area (Å²) in [6.07, 6.45) is 3.81. The van der Waals surface area contributed by atoms with Gasteiger partial charge in [-0.2, -0.15) is 0 Å². The number of pyridine rings is 1. The Balaban J connectivity index is 2.35. The van der Waals surface area contributed by atoms with Crippen LogP contribution >= 0.6 is 0 Å². The van der Waals surface area contributed by atoms with Crippen LogP contribution < -0.4 is 0 Å². The SMILES string of the molecule is CC(C)c1cc(-c2cn(C(C)C)nn2)ccn1. The summed E-state index contributed by atoms with van der Waals surface area (Å²) in [6, 6.07) is 4.39. The first-order chi connectivity index (χ1) is 8.08. The zero-order valence-corrected chi connectivity index (χ0v) is 10.8. The molecule has 90 valence electrons. The third-order valence-corrected chi connectivity index (χ3v) is 2.71. The van der Waals surface area contributed by atoms with Crippen LogP contribution in [0.4, 0.5) is 0 Å². The van der Waals surface area contributed by atoms with E-state index in [2.05, 4.69) is 49.1 Å². The quantitative estimate of drug-likeness (QED) is 0.814. The summed E-state index contributed by atoms with van der Waals surface area (Å²) >= 11 is 0. The lowest BCUT2D eigenvalue weighted by molar-refractivity contribution is 0.514. The van der Waals surface area contributed by atoms with E-state index in [4.69, 9.17) is 0 Å². The molecule has 0 unspecified atom stereocenters. The highest BCUT2D eigenvalue weighted by Gasteiger charge is 2.08. The Kier molecular flexibility index (Phi) is 3.22. The third kappa shape index (κ3) is 2.52. The molecule has 0 saturated carbocycles. The Morgan fingerprint density at radius 3 is 2.53 bits per heavy atom. The van der Waals surface area contributed by atoms with Crippen LogP contribution in [0.1, 0.15) is 45.3 Å². The second-order valence-electron chi connectivity index (χ2n) is 4.80. The van der Waals surface area contributed by atoms with E-state index in [-0.39, 0.29) is 0 Å². The monoisotopic (exact) mass is 230 g/mol. The fourth-order valence-corrected chi connectivity index (χ4v) is 1.58. The lowest BCUT2D eigenvalue weighted by Gasteiger charge is -2.05. The maximum absolute atomic E-state index is 4.35. The molecule has 0 aliphatic heterocycles. The van der Waals surface area contributed by atoms with Crippen LogP contribution in [0.5, 0.6) is 0 Å². The average molecular weight is 230 g/mol. The van der Waals surface area contributed by atoms with Gasteiger partial charge in [-0.05, 0) is 31.9 Å². The molecule has 0 aromatic carbocycles. The highest BCUT2D eigenvalue weighted by atomic mass is 15.4. The molecular formula is C13H18N4. The van der Waals surface area contributed by atoms with Crippen LogP contribution in [-0.2, 0) is 0 Å². The van der Waals surface area contributed by atoms with Crippen molar-refractivity contribution < 1.29 is 0 Å². The Morgan fingerprint density at radius 2 is 1.94 bits per heavy atom. The Morgan fingerprint density at radius 1 is 1.18 bits per heavy atom. The molecular weight excluding hydrogens is 212 g/mol. The Bertz CT molecular complexity index is 500. The molecule has 0 fully saturated rings. The first-order valence-electron chi connectivity index (χ1n) is 5.96. The van der Waals surface area contributed by atoms with Gasteiger partial charge >= 0.3 is 0 Å². The molecule has 0 bridgehead atoms. The number of nitrogens with zero attached hydrogens (tertiary/aromatic N) is 4. The van der Waals surface area contributed by atoms with E-state index in [1.165, 1.54) is 0 Å². The highest BCUT2D eigenvalue weighted by Crippen LogP contribution is 2.20. The van der Waals surface area contributed by atoms with Crippen LogP contribution in [-0.4, -0.2) is 20.0 Å². The molecule has 0 aliphatic rings. The van der Waals surface area contributed by atoms with Crippen LogP contribution in [0.3, 0.4) is 0 Å². The summed E-state index contributed by atoms with van der Waals surface area (Å²) in [5, 5.41) is 8.31. The van der Waals surface area contributed by atoms with Crippen molar-refractivity contribution in [2.45, 2.75) is 39.7 Å². The van der Waals surface area contributed by atoms with E-state index >= 15 is 0 Å². The lowest BCUT2D eigenvalue weighted by Crippen LogP contribution is -2.00. The summed E-state index contributed by atoms with van der Waals surface area (Å²) in [5.74, 6) is 0.426. The Labute approximate surface area is 102 Å². The first kappa shape index (κ1) is 11.8. The van der Waals surface area contributed by atoms with Gasteiger partial charge in [0, 0.05) is 23.5 Å². The van der Waals surface area contributed by atoms with Gasteiger partial charge in [-0.25, -0.2) is 4.68 Å². The van der Waals surface area contributed by atoms with Crippen molar-refractivity contribution in [3.63, 3.8) is 0 Å². The molecule has 2 aromatic heterocycles. The maximum Gasteiger partial charge on any atom is 0.113 e. The van der Waals surface area contributed by atoms with Gasteiger partial charge in [-0.15, -0.1) is 5.10 Å². The van der Waals surface area contributed by atoms with Crippen LogP contribution in [0.2, 0.25) is 0 Å². The standard InChI is InChI=1S/C13H18N4/c1-9(2)12-7-11(5-6-14-12)13-8-17(10(3)4)16-15-13/h5-10H,1-4H3. The van der Waals surface area contributed by atoms with E-state index in [1.54, 1.807) is 0 Å². The molecule has 4 heteroatoms. The normalized spacial score (nSPS) is 11.4. The molecule has 0 amide bonds. The van der Waals surface area contributed by atoms with Gasteiger partial charge in [0.15, 0.2) is 0 Å². The number of rotatable bonds is 3. The zero-order chi connectivity index (χ0) is 12.4. The molecule has 2 aromatic rings. The molecule has 17 heavy (non-hydrogen) atoms. The minimum atomic E-state index is 0.336. The van der Waals surface area contributed by atoms with Crippen LogP contribution in [0.25, 0.3) is 11.3 Å². The number of hydrogen-bond acceptors (Lipinski definition) is 3. The minimum Gasteiger partial charge on any atom is -0.261 e. The molecule has 0 N–H and O–H groups in total. The van der Waals surface area contributed by atoms with Crippen LogP contribution in [0, 0.1) is 0 Å².